The molecule has 3 nitrogen and oxygen atoms in total. The van der Waals surface area contributed by atoms with Gasteiger partial charge in [-0.2, -0.15) is 0 Å². The van der Waals surface area contributed by atoms with Crippen LogP contribution in [0.4, 0.5) is 4.39 Å². The third-order valence-electron chi connectivity index (χ3n) is 3.64. The molecule has 24 heavy (non-hydrogen) atoms. The quantitative estimate of drug-likeness (QED) is 0.850. The summed E-state index contributed by atoms with van der Waals surface area (Å²) in [5.41, 5.74) is 1.17. The summed E-state index contributed by atoms with van der Waals surface area (Å²) in [5, 5.41) is 3.25. The highest BCUT2D eigenvalue weighted by Crippen LogP contribution is 2.29. The van der Waals surface area contributed by atoms with Crippen LogP contribution in [0.25, 0.3) is 0 Å². The summed E-state index contributed by atoms with van der Waals surface area (Å²) in [4.78, 5) is 16.6. The van der Waals surface area contributed by atoms with Crippen molar-refractivity contribution in [1.29, 1.82) is 0 Å². The Morgan fingerprint density at radius 2 is 2.04 bits per heavy atom. The third-order valence-corrected chi connectivity index (χ3v) is 3.99. The first-order chi connectivity index (χ1) is 11.3. The van der Waals surface area contributed by atoms with Crippen LogP contribution >= 0.6 is 11.6 Å². The van der Waals surface area contributed by atoms with Crippen molar-refractivity contribution in [2.75, 3.05) is 0 Å². The van der Waals surface area contributed by atoms with E-state index in [0.29, 0.717) is 0 Å². The second-order valence-corrected chi connectivity index (χ2v) is 7.46. The normalized spacial score (nSPS) is 12.7. The molecule has 1 aromatic carbocycles. The topological polar surface area (TPSA) is 42.0 Å². The lowest BCUT2D eigenvalue weighted by Gasteiger charge is -2.27. The van der Waals surface area contributed by atoms with Gasteiger partial charge < -0.3 is 5.32 Å². The monoisotopic (exact) mass is 348 g/mol. The molecule has 1 aromatic heterocycles. The number of amides is 1. The lowest BCUT2D eigenvalue weighted by atomic mass is 9.85. The van der Waals surface area contributed by atoms with Crippen LogP contribution in [0.3, 0.4) is 0 Å². The number of halogens is 2. The summed E-state index contributed by atoms with van der Waals surface area (Å²) >= 11 is 6.00. The van der Waals surface area contributed by atoms with Gasteiger partial charge in [0.25, 0.3) is 0 Å². The van der Waals surface area contributed by atoms with Gasteiger partial charge in [0.05, 0.1) is 12.5 Å². The summed E-state index contributed by atoms with van der Waals surface area (Å²) in [6.45, 7) is 6.32. The van der Waals surface area contributed by atoms with Gasteiger partial charge in [-0.15, -0.1) is 0 Å². The molecular weight excluding hydrogens is 327 g/mol. The summed E-state index contributed by atoms with van der Waals surface area (Å²) in [6, 6.07) is 8.00. The number of benzene rings is 1. The van der Waals surface area contributed by atoms with Crippen molar-refractivity contribution in [3.63, 3.8) is 0 Å². The molecule has 1 heterocycles. The highest BCUT2D eigenvalue weighted by atomic mass is 35.5. The van der Waals surface area contributed by atoms with Crippen molar-refractivity contribution in [3.05, 3.63) is 64.7 Å². The maximum absolute atomic E-state index is 13.9. The van der Waals surface area contributed by atoms with E-state index >= 15 is 0 Å². The number of pyridine rings is 1. The molecule has 5 heteroatoms. The predicted molar refractivity (Wildman–Crippen MR) is 94.3 cm³/mol. The van der Waals surface area contributed by atoms with Gasteiger partial charge in [0.2, 0.25) is 5.91 Å². The third kappa shape index (κ3) is 5.31. The molecule has 0 radical (unpaired) electrons. The molecule has 1 N–H and O–H groups in total. The van der Waals surface area contributed by atoms with Crippen LogP contribution in [0.1, 0.15) is 44.4 Å². The van der Waals surface area contributed by atoms with Gasteiger partial charge in [0.15, 0.2) is 0 Å². The van der Waals surface area contributed by atoms with Crippen molar-refractivity contribution in [1.82, 2.24) is 10.3 Å². The van der Waals surface area contributed by atoms with Crippen LogP contribution in [0.5, 0.6) is 0 Å². The molecule has 0 aliphatic heterocycles. The van der Waals surface area contributed by atoms with Crippen molar-refractivity contribution < 1.29 is 9.18 Å². The Balaban J connectivity index is 2.15. The van der Waals surface area contributed by atoms with E-state index in [1.165, 1.54) is 12.1 Å². The number of hydrogen-bond donors (Lipinski definition) is 1. The van der Waals surface area contributed by atoms with Crippen LogP contribution in [-0.2, 0) is 11.2 Å². The molecule has 0 saturated carbocycles. The van der Waals surface area contributed by atoms with Gasteiger partial charge in [-0.05, 0) is 35.6 Å². The number of carbonyl (C=O) groups is 1. The van der Waals surface area contributed by atoms with Crippen molar-refractivity contribution >= 4 is 17.5 Å². The molecule has 2 aromatic rings. The van der Waals surface area contributed by atoms with Gasteiger partial charge in [-0.3, -0.25) is 9.78 Å². The van der Waals surface area contributed by atoms with Crippen LogP contribution in [0, 0.1) is 11.2 Å². The number of nitrogens with one attached hydrogen (secondary N) is 1. The predicted octanol–water partition coefficient (Wildman–Crippen LogP) is 4.71. The standard InChI is InChI=1S/C19H22ClFN2O/c1-19(2,3)11-17(13-6-5-9-22-12-13)23-18(24)10-14-15(20)7-4-8-16(14)21/h4-9,12,17H,10-11H2,1-3H3,(H,23,24)/t17-/m0/s1. The van der Waals surface area contributed by atoms with E-state index in [0.717, 1.165) is 12.0 Å². The minimum Gasteiger partial charge on any atom is -0.349 e. The van der Waals surface area contributed by atoms with E-state index in [4.69, 9.17) is 11.6 Å². The lowest BCUT2D eigenvalue weighted by molar-refractivity contribution is -0.121. The molecular formula is C19H22ClFN2O. The van der Waals surface area contributed by atoms with Crippen molar-refractivity contribution in [2.24, 2.45) is 5.41 Å². The number of rotatable bonds is 5. The molecule has 0 saturated heterocycles. The Hall–Kier alpha value is -1.94. The number of hydrogen-bond acceptors (Lipinski definition) is 2. The molecule has 128 valence electrons. The van der Waals surface area contributed by atoms with Gasteiger partial charge in [-0.1, -0.05) is 44.5 Å². The first-order valence-corrected chi connectivity index (χ1v) is 8.26. The fourth-order valence-electron chi connectivity index (χ4n) is 2.55. The molecule has 0 fully saturated rings. The number of carbonyl (C=O) groups excluding carboxylic acids is 1. The molecule has 0 bridgehead atoms. The van der Waals surface area contributed by atoms with E-state index in [1.807, 2.05) is 12.1 Å². The minimum absolute atomic E-state index is 0.0173. The Kier molecular flexibility index (Phi) is 5.94. The first-order valence-electron chi connectivity index (χ1n) is 7.88. The molecule has 0 spiro atoms. The summed E-state index contributed by atoms with van der Waals surface area (Å²) in [5.74, 6) is -0.730. The second kappa shape index (κ2) is 7.75. The van der Waals surface area contributed by atoms with Gasteiger partial charge >= 0.3 is 0 Å². The van der Waals surface area contributed by atoms with E-state index in [1.54, 1.807) is 18.5 Å². The fraction of sp³-hybridized carbons (Fsp3) is 0.368. The second-order valence-electron chi connectivity index (χ2n) is 7.05. The van der Waals surface area contributed by atoms with Crippen LogP contribution in [-0.4, -0.2) is 10.9 Å². The Morgan fingerprint density at radius 1 is 1.29 bits per heavy atom. The van der Waals surface area contributed by atoms with Crippen molar-refractivity contribution in [3.8, 4) is 0 Å². The molecule has 0 unspecified atom stereocenters. The highest BCUT2D eigenvalue weighted by Gasteiger charge is 2.23. The highest BCUT2D eigenvalue weighted by molar-refractivity contribution is 6.31. The zero-order chi connectivity index (χ0) is 17.7. The summed E-state index contributed by atoms with van der Waals surface area (Å²) < 4.78 is 13.9. The fourth-order valence-corrected chi connectivity index (χ4v) is 2.78. The van der Waals surface area contributed by atoms with Crippen molar-refractivity contribution in [2.45, 2.75) is 39.7 Å². The average molecular weight is 349 g/mol. The molecule has 1 amide bonds. The molecule has 2 rings (SSSR count). The van der Waals surface area contributed by atoms with E-state index < -0.39 is 5.82 Å². The Morgan fingerprint density at radius 3 is 2.62 bits per heavy atom. The minimum atomic E-state index is -0.466. The molecule has 0 aliphatic rings. The van der Waals surface area contributed by atoms with Gasteiger partial charge in [0, 0.05) is 23.0 Å². The zero-order valence-corrected chi connectivity index (χ0v) is 14.9. The van der Waals surface area contributed by atoms with E-state index in [9.17, 15) is 9.18 Å². The van der Waals surface area contributed by atoms with E-state index in [-0.39, 0.29) is 34.4 Å². The maximum atomic E-state index is 13.9. The summed E-state index contributed by atoms with van der Waals surface area (Å²) in [7, 11) is 0. The first kappa shape index (κ1) is 18.4. The number of nitrogens with zero attached hydrogens (tertiary/aromatic N) is 1. The van der Waals surface area contributed by atoms with Gasteiger partial charge in [0.1, 0.15) is 5.82 Å². The SMILES string of the molecule is CC(C)(C)C[C@H](NC(=O)Cc1c(F)cccc1Cl)c1cccnc1. The van der Waals surface area contributed by atoms with E-state index in [2.05, 4.69) is 31.1 Å². The molecule has 0 aliphatic carbocycles. The van der Waals surface area contributed by atoms with Crippen LogP contribution in [0.15, 0.2) is 42.7 Å². The smallest absolute Gasteiger partial charge is 0.225 e. The zero-order valence-electron chi connectivity index (χ0n) is 14.1. The Labute approximate surface area is 147 Å². The average Bonchev–Trinajstić information content (AvgIpc) is 2.50. The van der Waals surface area contributed by atoms with Gasteiger partial charge in [-0.25, -0.2) is 4.39 Å². The largest absolute Gasteiger partial charge is 0.349 e. The number of aromatic nitrogens is 1. The summed E-state index contributed by atoms with van der Waals surface area (Å²) in [6.07, 6.45) is 4.09. The lowest BCUT2D eigenvalue weighted by Crippen LogP contribution is -2.32. The molecule has 1 atom stereocenters. The van der Waals surface area contributed by atoms with Crippen LogP contribution < -0.4 is 5.32 Å². The maximum Gasteiger partial charge on any atom is 0.225 e. The van der Waals surface area contributed by atoms with Crippen LogP contribution in [0.2, 0.25) is 5.02 Å². The Bertz CT molecular complexity index is 678.